The maximum atomic E-state index is 10.3. The molecule has 0 aliphatic heterocycles. The molecule has 0 aliphatic carbocycles. The van der Waals surface area contributed by atoms with Crippen LogP contribution in [0.15, 0.2) is 60.7 Å². The molecule has 0 saturated carbocycles. The number of hydrogen-bond acceptors (Lipinski definition) is 2. The van der Waals surface area contributed by atoms with E-state index >= 15 is 0 Å². The Kier molecular flexibility index (Phi) is 5.57. The number of fused-ring (bicyclic) bond motifs is 1. The van der Waals surface area contributed by atoms with Gasteiger partial charge in [-0.05, 0) is 0 Å². The molecule has 0 fully saturated rings. The third kappa shape index (κ3) is 4.18. The molecule has 0 bridgehead atoms. The van der Waals surface area contributed by atoms with Gasteiger partial charge in [0, 0.05) is 0 Å². The molecule has 24 heavy (non-hydrogen) atoms. The van der Waals surface area contributed by atoms with Crippen molar-refractivity contribution in [2.45, 2.75) is 25.3 Å². The molecule has 3 rings (SSSR count). The van der Waals surface area contributed by atoms with Gasteiger partial charge in [0.25, 0.3) is 0 Å². The molecule has 0 amide bonds. The van der Waals surface area contributed by atoms with Gasteiger partial charge in [0.1, 0.15) is 0 Å². The number of aryl methyl sites for hydroxylation is 2. The summed E-state index contributed by atoms with van der Waals surface area (Å²) in [6, 6.07) is 20.7. The van der Waals surface area contributed by atoms with Crippen molar-refractivity contribution in [3.8, 4) is 5.75 Å². The van der Waals surface area contributed by atoms with Gasteiger partial charge < -0.3 is 0 Å². The minimum absolute atomic E-state index is 0.263. The standard InChI is InChI=1S/C21H22O2Se/c1-15-10-11-21(16(2)12-15)24-14-18(22)13-23-20-9-5-7-17-6-3-4-8-19(17)20/h3-12,18,22H,13-14H2,1-2H3. The normalized spacial score (nSPS) is 12.3. The molecule has 0 aromatic heterocycles. The van der Waals surface area contributed by atoms with Gasteiger partial charge in [0.05, 0.1) is 0 Å². The second-order valence-corrected chi connectivity index (χ2v) is 8.25. The Hall–Kier alpha value is -1.80. The van der Waals surface area contributed by atoms with Crippen molar-refractivity contribution in [3.05, 3.63) is 71.8 Å². The molecule has 1 N–H and O–H groups in total. The van der Waals surface area contributed by atoms with E-state index in [1.54, 1.807) is 0 Å². The zero-order chi connectivity index (χ0) is 16.9. The third-order valence-corrected chi connectivity index (χ3v) is 6.71. The summed E-state index contributed by atoms with van der Waals surface area (Å²) in [7, 11) is 0. The second-order valence-electron chi connectivity index (χ2n) is 6.02. The predicted molar refractivity (Wildman–Crippen MR) is 102 cm³/mol. The molecule has 1 unspecified atom stereocenters. The number of hydrogen-bond donors (Lipinski definition) is 1. The first kappa shape index (κ1) is 17.0. The molecule has 3 aromatic carbocycles. The minimum atomic E-state index is -0.440. The first-order chi connectivity index (χ1) is 11.6. The molecular weight excluding hydrogens is 363 g/mol. The Morgan fingerprint density at radius 2 is 1.79 bits per heavy atom. The Morgan fingerprint density at radius 3 is 2.62 bits per heavy atom. The summed E-state index contributed by atoms with van der Waals surface area (Å²) in [6.45, 7) is 4.58. The average Bonchev–Trinajstić information content (AvgIpc) is 2.59. The number of aliphatic hydroxyl groups excluding tert-OH is 1. The van der Waals surface area contributed by atoms with Gasteiger partial charge in [-0.1, -0.05) is 0 Å². The zero-order valence-corrected chi connectivity index (χ0v) is 15.7. The first-order valence-corrected chi connectivity index (χ1v) is 10.2. The van der Waals surface area contributed by atoms with Gasteiger partial charge in [-0.15, -0.1) is 0 Å². The molecule has 1 atom stereocenters. The van der Waals surface area contributed by atoms with E-state index in [4.69, 9.17) is 4.74 Å². The number of aliphatic hydroxyl groups is 1. The van der Waals surface area contributed by atoms with Crippen molar-refractivity contribution in [3.63, 3.8) is 0 Å². The molecule has 2 nitrogen and oxygen atoms in total. The van der Waals surface area contributed by atoms with Crippen molar-refractivity contribution in [1.29, 1.82) is 0 Å². The van der Waals surface area contributed by atoms with Crippen molar-refractivity contribution in [2.24, 2.45) is 0 Å². The van der Waals surface area contributed by atoms with Crippen molar-refractivity contribution < 1.29 is 9.84 Å². The molecule has 0 radical (unpaired) electrons. The van der Waals surface area contributed by atoms with Gasteiger partial charge in [0.15, 0.2) is 0 Å². The van der Waals surface area contributed by atoms with Crippen LogP contribution in [0, 0.1) is 13.8 Å². The van der Waals surface area contributed by atoms with Crippen LogP contribution in [0.25, 0.3) is 10.8 Å². The van der Waals surface area contributed by atoms with E-state index < -0.39 is 6.10 Å². The molecule has 124 valence electrons. The van der Waals surface area contributed by atoms with Crippen molar-refractivity contribution in [1.82, 2.24) is 0 Å². The average molecular weight is 385 g/mol. The third-order valence-electron chi connectivity index (χ3n) is 3.94. The van der Waals surface area contributed by atoms with Gasteiger partial charge >= 0.3 is 149 Å². The van der Waals surface area contributed by atoms with Crippen LogP contribution in [0.5, 0.6) is 5.75 Å². The van der Waals surface area contributed by atoms with Crippen LogP contribution in [0.2, 0.25) is 5.32 Å². The Balaban J connectivity index is 1.58. The monoisotopic (exact) mass is 386 g/mol. The van der Waals surface area contributed by atoms with Crippen LogP contribution in [-0.2, 0) is 0 Å². The Bertz CT molecular complexity index is 824. The molecule has 0 aliphatic rings. The fourth-order valence-corrected chi connectivity index (χ4v) is 4.63. The number of rotatable bonds is 6. The fourth-order valence-electron chi connectivity index (χ4n) is 2.70. The van der Waals surface area contributed by atoms with E-state index in [9.17, 15) is 5.11 Å². The topological polar surface area (TPSA) is 29.5 Å². The summed E-state index contributed by atoms with van der Waals surface area (Å²) in [5, 5.41) is 13.3. The van der Waals surface area contributed by atoms with Gasteiger partial charge in [-0.3, -0.25) is 0 Å². The summed E-state index contributed by atoms with van der Waals surface area (Å²) in [4.78, 5) is 0. The maximum absolute atomic E-state index is 10.3. The predicted octanol–water partition coefficient (Wildman–Crippen LogP) is 3.64. The van der Waals surface area contributed by atoms with Crippen LogP contribution in [0.4, 0.5) is 0 Å². The summed E-state index contributed by atoms with van der Waals surface area (Å²) in [5.41, 5.74) is 2.60. The second kappa shape index (κ2) is 7.85. The Labute approximate surface area is 149 Å². The van der Waals surface area contributed by atoms with E-state index in [-0.39, 0.29) is 15.0 Å². The van der Waals surface area contributed by atoms with E-state index in [0.29, 0.717) is 6.61 Å². The molecule has 3 aromatic rings. The van der Waals surface area contributed by atoms with E-state index in [2.05, 4.69) is 50.2 Å². The van der Waals surface area contributed by atoms with E-state index in [0.717, 1.165) is 21.8 Å². The molecule has 0 heterocycles. The van der Waals surface area contributed by atoms with E-state index in [1.807, 2.05) is 24.3 Å². The summed E-state index contributed by atoms with van der Waals surface area (Å²) in [6.07, 6.45) is -0.440. The van der Waals surface area contributed by atoms with Gasteiger partial charge in [0.2, 0.25) is 0 Å². The number of benzene rings is 3. The van der Waals surface area contributed by atoms with Gasteiger partial charge in [-0.25, -0.2) is 0 Å². The quantitative estimate of drug-likeness (QED) is 0.657. The van der Waals surface area contributed by atoms with Crippen molar-refractivity contribution >= 4 is 30.2 Å². The van der Waals surface area contributed by atoms with Crippen LogP contribution < -0.4 is 9.20 Å². The SMILES string of the molecule is Cc1ccc([Se]CC(O)COc2cccc3ccccc23)c(C)c1. The van der Waals surface area contributed by atoms with Crippen LogP contribution >= 0.6 is 0 Å². The fraction of sp³-hybridized carbons (Fsp3) is 0.238. The Morgan fingerprint density at radius 1 is 1.00 bits per heavy atom. The van der Waals surface area contributed by atoms with Gasteiger partial charge in [-0.2, -0.15) is 0 Å². The summed E-state index contributed by atoms with van der Waals surface area (Å²) < 4.78 is 7.24. The number of ether oxygens (including phenoxy) is 1. The van der Waals surface area contributed by atoms with Crippen LogP contribution in [0.1, 0.15) is 11.1 Å². The first-order valence-electron chi connectivity index (χ1n) is 8.12. The zero-order valence-electron chi connectivity index (χ0n) is 14.0. The molecule has 3 heteroatoms. The van der Waals surface area contributed by atoms with Crippen molar-refractivity contribution in [2.75, 3.05) is 6.61 Å². The molecule has 0 spiro atoms. The van der Waals surface area contributed by atoms with E-state index in [1.165, 1.54) is 15.6 Å². The van der Waals surface area contributed by atoms with Crippen LogP contribution in [0.3, 0.4) is 0 Å². The summed E-state index contributed by atoms with van der Waals surface area (Å²) >= 11 is 0.263. The molecular formula is C21H22O2Se. The van der Waals surface area contributed by atoms with Crippen LogP contribution in [-0.4, -0.2) is 32.8 Å². The summed E-state index contributed by atoms with van der Waals surface area (Å²) in [5.74, 6) is 0.839. The molecule has 0 saturated heterocycles.